The van der Waals surface area contributed by atoms with E-state index in [2.05, 4.69) is 15.6 Å². The number of oxime groups is 1. The smallest absolute Gasteiger partial charge is 0.292 e. The molecule has 3 heterocycles. The van der Waals surface area contributed by atoms with E-state index < -0.39 is 5.60 Å². The van der Waals surface area contributed by atoms with Crippen molar-refractivity contribution >= 4 is 17.5 Å². The van der Waals surface area contributed by atoms with Gasteiger partial charge in [-0.05, 0) is 18.0 Å². The molecule has 0 aromatic carbocycles. The number of amides is 2. The summed E-state index contributed by atoms with van der Waals surface area (Å²) in [4.78, 5) is 31.8. The van der Waals surface area contributed by atoms with E-state index in [9.17, 15) is 9.59 Å². The summed E-state index contributed by atoms with van der Waals surface area (Å²) in [5, 5.41) is 10.6. The first-order chi connectivity index (χ1) is 12.1. The van der Waals surface area contributed by atoms with Gasteiger partial charge in [0.05, 0.1) is 13.2 Å². The maximum atomic E-state index is 12.4. The van der Waals surface area contributed by atoms with Crippen molar-refractivity contribution in [2.75, 3.05) is 20.2 Å². The minimum absolute atomic E-state index is 0.133. The molecule has 9 nitrogen and oxygen atoms in total. The Bertz CT molecular complexity index is 716. The molecule has 1 saturated carbocycles. The Hall–Kier alpha value is -2.58. The van der Waals surface area contributed by atoms with Gasteiger partial charge in [-0.2, -0.15) is 0 Å². The number of hydrogen-bond donors (Lipinski definition) is 1. The topological polar surface area (TPSA) is 106 Å². The lowest BCUT2D eigenvalue weighted by molar-refractivity contribution is -0.115. The van der Waals surface area contributed by atoms with Gasteiger partial charge in [0.2, 0.25) is 5.76 Å². The Morgan fingerprint density at radius 2 is 2.12 bits per heavy atom. The normalized spacial score (nSPS) is 21.6. The number of methoxy groups -OCH3 is 1. The van der Waals surface area contributed by atoms with E-state index in [-0.39, 0.29) is 23.5 Å². The number of likely N-dealkylation sites (tertiary alicyclic amines) is 1. The van der Waals surface area contributed by atoms with Crippen molar-refractivity contribution < 1.29 is 23.7 Å². The van der Waals surface area contributed by atoms with Crippen LogP contribution in [0.1, 0.15) is 42.7 Å². The summed E-state index contributed by atoms with van der Waals surface area (Å²) in [5.41, 5.74) is -0.0295. The van der Waals surface area contributed by atoms with Crippen molar-refractivity contribution in [3.63, 3.8) is 0 Å². The third kappa shape index (κ3) is 3.18. The third-order valence-corrected chi connectivity index (χ3v) is 4.88. The summed E-state index contributed by atoms with van der Waals surface area (Å²) in [6, 6.07) is 1.77. The van der Waals surface area contributed by atoms with E-state index in [1.54, 1.807) is 4.90 Å². The van der Waals surface area contributed by atoms with E-state index in [4.69, 9.17) is 14.1 Å². The minimum Gasteiger partial charge on any atom is -0.479 e. The summed E-state index contributed by atoms with van der Waals surface area (Å²) in [7, 11) is 1.46. The second kappa shape index (κ2) is 6.05. The fraction of sp³-hybridized carbons (Fsp3) is 0.625. The SMILES string of the molecule is COc1cc(C(=O)N2CCC3(CC2)CC(C(=O)NC2CC2)=NO3)on1. The maximum Gasteiger partial charge on any atom is 0.292 e. The first-order valence-electron chi connectivity index (χ1n) is 8.44. The molecule has 1 aromatic heterocycles. The summed E-state index contributed by atoms with van der Waals surface area (Å²) in [6.07, 6.45) is 3.80. The highest BCUT2D eigenvalue weighted by Crippen LogP contribution is 2.35. The molecule has 0 radical (unpaired) electrons. The van der Waals surface area contributed by atoms with Crippen molar-refractivity contribution in [3.05, 3.63) is 11.8 Å². The lowest BCUT2D eigenvalue weighted by Gasteiger charge is -2.36. The van der Waals surface area contributed by atoms with Gasteiger partial charge in [-0.15, -0.1) is 0 Å². The average Bonchev–Trinajstić information content (AvgIpc) is 3.15. The first-order valence-corrected chi connectivity index (χ1v) is 8.44. The molecule has 134 valence electrons. The number of carbonyl (C=O) groups excluding carboxylic acids is 2. The van der Waals surface area contributed by atoms with Crippen LogP contribution in [-0.4, -0.2) is 59.4 Å². The number of ether oxygens (including phenoxy) is 1. The van der Waals surface area contributed by atoms with Crippen LogP contribution in [0.5, 0.6) is 5.88 Å². The number of rotatable bonds is 4. The Labute approximate surface area is 144 Å². The standard InChI is InChI=1S/C16H20N4O5/c1-23-13-8-12(24-19-13)15(22)20-6-4-16(5-7-20)9-11(18-25-16)14(21)17-10-2-3-10/h8,10H,2-7,9H2,1H3,(H,17,21). The second-order valence-electron chi connectivity index (χ2n) is 6.76. The van der Waals surface area contributed by atoms with E-state index in [0.29, 0.717) is 44.1 Å². The molecule has 0 unspecified atom stereocenters. The van der Waals surface area contributed by atoms with Gasteiger partial charge in [0, 0.05) is 38.4 Å². The molecule has 1 aliphatic carbocycles. The Kier molecular flexibility index (Phi) is 3.85. The van der Waals surface area contributed by atoms with Gasteiger partial charge in [0.1, 0.15) is 11.3 Å². The predicted octanol–water partition coefficient (Wildman–Crippen LogP) is 0.713. The van der Waals surface area contributed by atoms with E-state index >= 15 is 0 Å². The van der Waals surface area contributed by atoms with Crippen LogP contribution >= 0.6 is 0 Å². The Balaban J connectivity index is 1.32. The van der Waals surface area contributed by atoms with Gasteiger partial charge in [0.25, 0.3) is 17.7 Å². The molecule has 0 atom stereocenters. The van der Waals surface area contributed by atoms with Crippen LogP contribution in [0.4, 0.5) is 0 Å². The number of carbonyl (C=O) groups is 2. The van der Waals surface area contributed by atoms with Crippen LogP contribution in [0, 0.1) is 0 Å². The number of nitrogens with one attached hydrogen (secondary N) is 1. The second-order valence-corrected chi connectivity index (χ2v) is 6.76. The summed E-state index contributed by atoms with van der Waals surface area (Å²) >= 11 is 0. The molecule has 3 aliphatic rings. The molecule has 1 saturated heterocycles. The number of nitrogens with zero attached hydrogens (tertiary/aromatic N) is 3. The van der Waals surface area contributed by atoms with Crippen LogP contribution in [0.3, 0.4) is 0 Å². The molecule has 25 heavy (non-hydrogen) atoms. The maximum absolute atomic E-state index is 12.4. The fourth-order valence-corrected chi connectivity index (χ4v) is 3.14. The van der Waals surface area contributed by atoms with Crippen LogP contribution < -0.4 is 10.1 Å². The average molecular weight is 348 g/mol. The summed E-state index contributed by atoms with van der Waals surface area (Å²) in [5.74, 6) is 0.0689. The lowest BCUT2D eigenvalue weighted by atomic mass is 9.86. The Morgan fingerprint density at radius 1 is 1.36 bits per heavy atom. The lowest BCUT2D eigenvalue weighted by Crippen LogP contribution is -2.47. The van der Waals surface area contributed by atoms with Crippen molar-refractivity contribution in [1.29, 1.82) is 0 Å². The van der Waals surface area contributed by atoms with Gasteiger partial charge in [-0.1, -0.05) is 5.16 Å². The van der Waals surface area contributed by atoms with Crippen LogP contribution in [0.15, 0.2) is 15.7 Å². The Morgan fingerprint density at radius 3 is 2.76 bits per heavy atom. The summed E-state index contributed by atoms with van der Waals surface area (Å²) < 4.78 is 9.93. The number of piperidine rings is 1. The van der Waals surface area contributed by atoms with Gasteiger partial charge in [0.15, 0.2) is 0 Å². The molecule has 1 spiro atoms. The number of hydrogen-bond acceptors (Lipinski definition) is 7. The van der Waals surface area contributed by atoms with E-state index in [1.165, 1.54) is 13.2 Å². The van der Waals surface area contributed by atoms with Crippen LogP contribution in [0.2, 0.25) is 0 Å². The van der Waals surface area contributed by atoms with E-state index in [0.717, 1.165) is 12.8 Å². The molecule has 2 amide bonds. The van der Waals surface area contributed by atoms with Gasteiger partial charge < -0.3 is 24.3 Å². The molecule has 0 bridgehead atoms. The largest absolute Gasteiger partial charge is 0.479 e. The molecule has 1 aromatic rings. The number of aromatic nitrogens is 1. The molecular formula is C16H20N4O5. The van der Waals surface area contributed by atoms with Gasteiger partial charge in [-0.3, -0.25) is 9.59 Å². The zero-order chi connectivity index (χ0) is 17.4. The molecule has 2 aliphatic heterocycles. The predicted molar refractivity (Wildman–Crippen MR) is 85.2 cm³/mol. The quantitative estimate of drug-likeness (QED) is 0.859. The minimum atomic E-state index is -0.480. The van der Waals surface area contributed by atoms with Crippen molar-refractivity contribution in [3.8, 4) is 5.88 Å². The molecule has 9 heteroatoms. The third-order valence-electron chi connectivity index (χ3n) is 4.88. The first kappa shape index (κ1) is 15.9. The molecular weight excluding hydrogens is 328 g/mol. The fourth-order valence-electron chi connectivity index (χ4n) is 3.14. The molecule has 2 fully saturated rings. The van der Waals surface area contributed by atoms with Crippen LogP contribution in [-0.2, 0) is 9.63 Å². The summed E-state index contributed by atoms with van der Waals surface area (Å²) in [6.45, 7) is 1.02. The monoisotopic (exact) mass is 348 g/mol. The zero-order valence-corrected chi connectivity index (χ0v) is 14.0. The van der Waals surface area contributed by atoms with Crippen molar-refractivity contribution in [2.45, 2.75) is 43.7 Å². The van der Waals surface area contributed by atoms with Gasteiger partial charge in [-0.25, -0.2) is 0 Å². The van der Waals surface area contributed by atoms with Crippen molar-refractivity contribution in [1.82, 2.24) is 15.4 Å². The highest BCUT2D eigenvalue weighted by Gasteiger charge is 2.45. The van der Waals surface area contributed by atoms with Crippen molar-refractivity contribution in [2.24, 2.45) is 5.16 Å². The van der Waals surface area contributed by atoms with Gasteiger partial charge >= 0.3 is 0 Å². The van der Waals surface area contributed by atoms with E-state index in [1.807, 2.05) is 0 Å². The van der Waals surface area contributed by atoms with Crippen LogP contribution in [0.25, 0.3) is 0 Å². The molecule has 4 rings (SSSR count). The highest BCUT2D eigenvalue weighted by molar-refractivity contribution is 6.39. The zero-order valence-electron chi connectivity index (χ0n) is 14.0. The molecule has 1 N–H and O–H groups in total. The highest BCUT2D eigenvalue weighted by atomic mass is 16.7.